The molecule has 1 saturated carbocycles. The van der Waals surface area contributed by atoms with E-state index in [4.69, 9.17) is 4.84 Å². The quantitative estimate of drug-likeness (QED) is 0.594. The number of aromatic nitrogens is 4. The molecule has 0 atom stereocenters. The minimum Gasteiger partial charge on any atom is -0.392 e. The van der Waals surface area contributed by atoms with Crippen LogP contribution in [0.3, 0.4) is 0 Å². The number of nitrogens with zero attached hydrogens (tertiary/aromatic N) is 3. The van der Waals surface area contributed by atoms with E-state index in [1.807, 2.05) is 6.20 Å². The largest absolute Gasteiger partial charge is 0.392 e. The lowest BCUT2D eigenvalue weighted by molar-refractivity contribution is 0.0193. The Balaban J connectivity index is 1.42. The lowest BCUT2D eigenvalue weighted by Crippen LogP contribution is -2.24. The number of hydrogen-bond acceptors (Lipinski definition) is 3. The van der Waals surface area contributed by atoms with Crippen LogP contribution in [0.5, 0.6) is 0 Å². The molecule has 0 spiro atoms. The molecule has 26 heavy (non-hydrogen) atoms. The molecule has 0 aliphatic heterocycles. The van der Waals surface area contributed by atoms with Crippen molar-refractivity contribution < 1.29 is 4.84 Å². The van der Waals surface area contributed by atoms with Gasteiger partial charge >= 0.3 is 0 Å². The van der Waals surface area contributed by atoms with Crippen LogP contribution in [0.4, 0.5) is 0 Å². The first-order valence-electron chi connectivity index (χ1n) is 9.13. The van der Waals surface area contributed by atoms with Crippen molar-refractivity contribution in [2.24, 2.45) is 0 Å². The van der Waals surface area contributed by atoms with E-state index in [1.165, 1.54) is 29.4 Å². The summed E-state index contributed by atoms with van der Waals surface area (Å²) >= 11 is 0. The molecule has 4 aromatic rings. The van der Waals surface area contributed by atoms with Crippen LogP contribution in [0.15, 0.2) is 60.9 Å². The van der Waals surface area contributed by atoms with Gasteiger partial charge in [-0.2, -0.15) is 0 Å². The Bertz CT molecular complexity index is 1030. The summed E-state index contributed by atoms with van der Waals surface area (Å²) < 4.78 is 0. The van der Waals surface area contributed by atoms with Gasteiger partial charge in [-0.1, -0.05) is 41.2 Å². The van der Waals surface area contributed by atoms with Gasteiger partial charge in [-0.25, -0.2) is 0 Å². The number of hydrogen-bond donors (Lipinski definition) is 1. The average molecular weight is 344 g/mol. The van der Waals surface area contributed by atoms with Crippen LogP contribution in [0.2, 0.25) is 0 Å². The first-order chi connectivity index (χ1) is 12.9. The van der Waals surface area contributed by atoms with Gasteiger partial charge in [0.1, 0.15) is 11.8 Å². The summed E-state index contributed by atoms with van der Waals surface area (Å²) in [4.78, 5) is 10.8. The molecular weight excluding hydrogens is 324 g/mol. The molecule has 1 N–H and O–H groups in total. The first-order valence-corrected chi connectivity index (χ1v) is 9.13. The summed E-state index contributed by atoms with van der Waals surface area (Å²) in [6.07, 6.45) is 8.63. The van der Waals surface area contributed by atoms with Crippen LogP contribution in [0.1, 0.15) is 25.7 Å². The Kier molecular flexibility index (Phi) is 3.70. The van der Waals surface area contributed by atoms with Crippen molar-refractivity contribution in [2.75, 3.05) is 0 Å². The minimum atomic E-state index is 0.252. The Morgan fingerprint density at radius 2 is 1.69 bits per heavy atom. The third-order valence-corrected chi connectivity index (χ3v) is 5.14. The maximum atomic E-state index is 5.99. The summed E-state index contributed by atoms with van der Waals surface area (Å²) in [6.45, 7) is 0. The first kappa shape index (κ1) is 15.2. The minimum absolute atomic E-state index is 0.252. The van der Waals surface area contributed by atoms with Crippen molar-refractivity contribution in [3.8, 4) is 22.4 Å². The van der Waals surface area contributed by atoms with Crippen molar-refractivity contribution in [1.82, 2.24) is 20.1 Å². The molecule has 0 amide bonds. The standard InChI is InChI=1S/C21H20N4O/c1-2-4-19(3-1)26-25-21(14-23-24-25)17-8-5-15(6-9-17)18-10-7-16-11-12-22-20(16)13-18/h5-14,19,22H,1-4H2. The van der Waals surface area contributed by atoms with Crippen molar-refractivity contribution in [3.63, 3.8) is 0 Å². The van der Waals surface area contributed by atoms with Gasteiger partial charge < -0.3 is 9.82 Å². The van der Waals surface area contributed by atoms with E-state index in [0.717, 1.165) is 29.6 Å². The molecule has 0 radical (unpaired) electrons. The third kappa shape index (κ3) is 2.75. The number of aromatic amines is 1. The molecule has 5 nitrogen and oxygen atoms in total. The van der Waals surface area contributed by atoms with Gasteiger partial charge in [0.2, 0.25) is 0 Å². The molecular formula is C21H20N4O. The van der Waals surface area contributed by atoms with E-state index >= 15 is 0 Å². The lowest BCUT2D eigenvalue weighted by atomic mass is 10.0. The second-order valence-corrected chi connectivity index (χ2v) is 6.86. The molecule has 1 fully saturated rings. The number of rotatable bonds is 4. The van der Waals surface area contributed by atoms with E-state index in [9.17, 15) is 0 Å². The Morgan fingerprint density at radius 1 is 0.923 bits per heavy atom. The second-order valence-electron chi connectivity index (χ2n) is 6.86. The number of fused-ring (bicyclic) bond motifs is 1. The fourth-order valence-electron chi connectivity index (χ4n) is 3.68. The van der Waals surface area contributed by atoms with Crippen LogP contribution in [0, 0.1) is 0 Å². The number of H-pyrrole nitrogens is 1. The summed E-state index contributed by atoms with van der Waals surface area (Å²) in [7, 11) is 0. The van der Waals surface area contributed by atoms with Crippen molar-refractivity contribution >= 4 is 10.9 Å². The molecule has 5 heteroatoms. The van der Waals surface area contributed by atoms with Gasteiger partial charge in [0, 0.05) is 17.3 Å². The van der Waals surface area contributed by atoms with E-state index in [-0.39, 0.29) is 6.10 Å². The van der Waals surface area contributed by atoms with Gasteiger partial charge in [0.15, 0.2) is 0 Å². The highest BCUT2D eigenvalue weighted by Gasteiger charge is 2.19. The molecule has 2 heterocycles. The fourth-order valence-corrected chi connectivity index (χ4v) is 3.68. The highest BCUT2D eigenvalue weighted by molar-refractivity contribution is 5.85. The zero-order valence-corrected chi connectivity index (χ0v) is 14.4. The van der Waals surface area contributed by atoms with Gasteiger partial charge in [0.05, 0.1) is 6.20 Å². The molecule has 130 valence electrons. The summed E-state index contributed by atoms with van der Waals surface area (Å²) in [6, 6.07) is 17.0. The van der Waals surface area contributed by atoms with Gasteiger partial charge in [0.25, 0.3) is 0 Å². The molecule has 1 aliphatic carbocycles. The molecule has 5 rings (SSSR count). The van der Waals surface area contributed by atoms with E-state index in [0.29, 0.717) is 0 Å². The molecule has 1 aliphatic rings. The normalized spacial score (nSPS) is 14.9. The zero-order chi connectivity index (χ0) is 17.3. The van der Waals surface area contributed by atoms with E-state index in [2.05, 4.69) is 63.8 Å². The van der Waals surface area contributed by atoms with Crippen LogP contribution in [-0.4, -0.2) is 26.2 Å². The SMILES string of the molecule is c1cc2ccc(-c3ccc(-c4cnnn4OC4CCCC4)cc3)cc2[nH]1. The van der Waals surface area contributed by atoms with E-state index < -0.39 is 0 Å². The maximum absolute atomic E-state index is 5.99. The molecule has 0 saturated heterocycles. The summed E-state index contributed by atoms with van der Waals surface area (Å²) in [5, 5.41) is 9.36. The molecule has 2 aromatic carbocycles. The zero-order valence-electron chi connectivity index (χ0n) is 14.4. The van der Waals surface area contributed by atoms with Crippen LogP contribution in [-0.2, 0) is 0 Å². The molecule has 2 aromatic heterocycles. The van der Waals surface area contributed by atoms with Crippen molar-refractivity contribution in [2.45, 2.75) is 31.8 Å². The van der Waals surface area contributed by atoms with Crippen LogP contribution >= 0.6 is 0 Å². The monoisotopic (exact) mass is 344 g/mol. The predicted molar refractivity (Wildman–Crippen MR) is 102 cm³/mol. The fraction of sp³-hybridized carbons (Fsp3) is 0.238. The Hall–Kier alpha value is -3.08. The van der Waals surface area contributed by atoms with Gasteiger partial charge in [-0.05, 0) is 59.5 Å². The topological polar surface area (TPSA) is 55.7 Å². The van der Waals surface area contributed by atoms with Crippen LogP contribution < -0.4 is 4.84 Å². The van der Waals surface area contributed by atoms with Gasteiger partial charge in [-0.15, -0.1) is 5.10 Å². The smallest absolute Gasteiger partial charge is 0.130 e. The van der Waals surface area contributed by atoms with E-state index in [1.54, 1.807) is 11.0 Å². The third-order valence-electron chi connectivity index (χ3n) is 5.14. The molecule has 0 bridgehead atoms. The van der Waals surface area contributed by atoms with Crippen molar-refractivity contribution in [3.05, 3.63) is 60.9 Å². The average Bonchev–Trinajstić information content (AvgIpc) is 3.43. The van der Waals surface area contributed by atoms with Crippen LogP contribution in [0.25, 0.3) is 33.3 Å². The predicted octanol–water partition coefficient (Wildman–Crippen LogP) is 4.46. The Morgan fingerprint density at radius 3 is 2.54 bits per heavy atom. The molecule has 0 unspecified atom stereocenters. The summed E-state index contributed by atoms with van der Waals surface area (Å²) in [5.41, 5.74) is 5.47. The Labute approximate surface area is 151 Å². The number of nitrogens with one attached hydrogen (secondary N) is 1. The maximum Gasteiger partial charge on any atom is 0.130 e. The van der Waals surface area contributed by atoms with Crippen molar-refractivity contribution in [1.29, 1.82) is 0 Å². The van der Waals surface area contributed by atoms with Gasteiger partial charge in [-0.3, -0.25) is 0 Å². The number of benzene rings is 2. The second kappa shape index (κ2) is 6.33. The summed E-state index contributed by atoms with van der Waals surface area (Å²) in [5.74, 6) is 0. The highest BCUT2D eigenvalue weighted by Crippen LogP contribution is 2.27. The lowest BCUT2D eigenvalue weighted by Gasteiger charge is -2.13. The highest BCUT2D eigenvalue weighted by atomic mass is 16.7.